The van der Waals surface area contributed by atoms with Gasteiger partial charge in [0.25, 0.3) is 0 Å². The van der Waals surface area contributed by atoms with Gasteiger partial charge in [-0.25, -0.2) is 0 Å². The molecular weight excluding hydrogens is 162 g/mol. The van der Waals surface area contributed by atoms with Crippen molar-refractivity contribution in [2.24, 2.45) is 5.73 Å². The van der Waals surface area contributed by atoms with Gasteiger partial charge in [0.05, 0.1) is 19.3 Å². The van der Waals surface area contributed by atoms with Crippen molar-refractivity contribution in [1.29, 1.82) is 0 Å². The van der Waals surface area contributed by atoms with E-state index >= 15 is 0 Å². The number of aliphatic hydroxyl groups excluding tert-OH is 3. The Hall–Kier alpha value is -0.200. The number of aliphatic hydroxyl groups is 3. The fourth-order valence-corrected chi connectivity index (χ4v) is 0.920. The molecule has 0 saturated heterocycles. The Morgan fingerprint density at radius 1 is 1.33 bits per heavy atom. The van der Waals surface area contributed by atoms with Crippen molar-refractivity contribution in [1.82, 2.24) is 0 Å². The van der Waals surface area contributed by atoms with Gasteiger partial charge in [-0.1, -0.05) is 0 Å². The van der Waals surface area contributed by atoms with Gasteiger partial charge in [0.2, 0.25) is 0 Å². The van der Waals surface area contributed by atoms with Crippen molar-refractivity contribution in [3.8, 4) is 0 Å². The Bertz CT molecular complexity index is 102. The van der Waals surface area contributed by atoms with E-state index < -0.39 is 24.9 Å². The zero-order valence-electron chi connectivity index (χ0n) is 7.18. The average molecular weight is 179 g/mol. The molecule has 0 aliphatic heterocycles. The van der Waals surface area contributed by atoms with E-state index in [1.54, 1.807) is 6.92 Å². The molecule has 5 heteroatoms. The van der Waals surface area contributed by atoms with Crippen LogP contribution in [0.4, 0.5) is 0 Å². The highest BCUT2D eigenvalue weighted by molar-refractivity contribution is 4.79. The Kier molecular flexibility index (Phi) is 6.23. The number of nitrogens with two attached hydrogens (primary N) is 1. The standard InChI is InChI=1S/C7H17NO4/c1-2-12-7(5(8)3-9)6(11)4-10/h5-7,9-11H,2-4,8H2,1H3/t5?,6?,7-/m1/s1. The monoisotopic (exact) mass is 179 g/mol. The van der Waals surface area contributed by atoms with Gasteiger partial charge in [-0.2, -0.15) is 0 Å². The van der Waals surface area contributed by atoms with Gasteiger partial charge < -0.3 is 25.8 Å². The lowest BCUT2D eigenvalue weighted by atomic mass is 10.1. The second kappa shape index (κ2) is 6.33. The van der Waals surface area contributed by atoms with E-state index in [4.69, 9.17) is 20.7 Å². The molecule has 5 N–H and O–H groups in total. The van der Waals surface area contributed by atoms with Crippen LogP contribution in [-0.4, -0.2) is 53.4 Å². The Morgan fingerprint density at radius 3 is 2.25 bits per heavy atom. The zero-order chi connectivity index (χ0) is 9.56. The van der Waals surface area contributed by atoms with Crippen LogP contribution in [0.25, 0.3) is 0 Å². The molecule has 0 spiro atoms. The van der Waals surface area contributed by atoms with Crippen LogP contribution in [0, 0.1) is 0 Å². The summed E-state index contributed by atoms with van der Waals surface area (Å²) >= 11 is 0. The summed E-state index contributed by atoms with van der Waals surface area (Å²) in [6, 6.07) is -0.660. The van der Waals surface area contributed by atoms with Crippen LogP contribution in [0.2, 0.25) is 0 Å². The quantitative estimate of drug-likeness (QED) is 0.380. The maximum atomic E-state index is 9.18. The van der Waals surface area contributed by atoms with E-state index in [1.165, 1.54) is 0 Å². The minimum atomic E-state index is -1.04. The van der Waals surface area contributed by atoms with Gasteiger partial charge in [-0.3, -0.25) is 0 Å². The smallest absolute Gasteiger partial charge is 0.105 e. The number of ether oxygens (including phenoxy) is 1. The van der Waals surface area contributed by atoms with Gasteiger partial charge >= 0.3 is 0 Å². The molecule has 0 amide bonds. The minimum absolute atomic E-state index is 0.276. The molecule has 0 aliphatic carbocycles. The molecule has 0 bridgehead atoms. The predicted molar refractivity (Wildman–Crippen MR) is 43.6 cm³/mol. The normalized spacial score (nSPS) is 18.8. The zero-order valence-corrected chi connectivity index (χ0v) is 7.18. The van der Waals surface area contributed by atoms with Gasteiger partial charge in [0, 0.05) is 6.61 Å². The number of rotatable bonds is 6. The summed E-state index contributed by atoms with van der Waals surface area (Å²) in [5.74, 6) is 0. The van der Waals surface area contributed by atoms with Crippen molar-refractivity contribution >= 4 is 0 Å². The topological polar surface area (TPSA) is 95.9 Å². The first-order chi connectivity index (χ1) is 5.67. The van der Waals surface area contributed by atoms with Crippen LogP contribution >= 0.6 is 0 Å². The Labute approximate surface area is 71.8 Å². The summed E-state index contributed by atoms with van der Waals surface area (Å²) in [7, 11) is 0. The molecule has 74 valence electrons. The Balaban J connectivity index is 4.01. The van der Waals surface area contributed by atoms with Crippen LogP contribution in [0.1, 0.15) is 6.92 Å². The van der Waals surface area contributed by atoms with Crippen molar-refractivity contribution in [3.05, 3.63) is 0 Å². The summed E-state index contributed by atoms with van der Waals surface area (Å²) < 4.78 is 5.05. The van der Waals surface area contributed by atoms with E-state index in [1.807, 2.05) is 0 Å². The summed E-state index contributed by atoms with van der Waals surface area (Å²) in [6.07, 6.45) is -1.74. The molecule has 12 heavy (non-hydrogen) atoms. The average Bonchev–Trinajstić information content (AvgIpc) is 2.11. The lowest BCUT2D eigenvalue weighted by Gasteiger charge is -2.25. The first-order valence-electron chi connectivity index (χ1n) is 3.94. The molecule has 0 fully saturated rings. The highest BCUT2D eigenvalue weighted by Crippen LogP contribution is 2.03. The van der Waals surface area contributed by atoms with E-state index in [0.29, 0.717) is 6.61 Å². The summed E-state index contributed by atoms with van der Waals surface area (Å²) in [6.45, 7) is 1.44. The van der Waals surface area contributed by atoms with E-state index in [-0.39, 0.29) is 6.61 Å². The Morgan fingerprint density at radius 2 is 1.92 bits per heavy atom. The van der Waals surface area contributed by atoms with Crippen molar-refractivity contribution in [3.63, 3.8) is 0 Å². The number of hydrogen-bond donors (Lipinski definition) is 4. The fourth-order valence-electron chi connectivity index (χ4n) is 0.920. The lowest BCUT2D eigenvalue weighted by Crippen LogP contribution is -2.48. The highest BCUT2D eigenvalue weighted by atomic mass is 16.5. The van der Waals surface area contributed by atoms with E-state index in [9.17, 15) is 5.11 Å². The third-order valence-corrected chi connectivity index (χ3v) is 1.56. The molecule has 0 aromatic rings. The SMILES string of the molecule is CCO[C@H](C(N)CO)C(O)CO. The first kappa shape index (κ1) is 11.8. The van der Waals surface area contributed by atoms with Gasteiger partial charge in [-0.05, 0) is 6.92 Å². The van der Waals surface area contributed by atoms with Crippen molar-refractivity contribution < 1.29 is 20.1 Å². The maximum absolute atomic E-state index is 9.18. The van der Waals surface area contributed by atoms with E-state index in [0.717, 1.165) is 0 Å². The molecule has 0 rings (SSSR count). The molecule has 3 atom stereocenters. The third kappa shape index (κ3) is 3.46. The van der Waals surface area contributed by atoms with Gasteiger partial charge in [0.1, 0.15) is 12.2 Å². The molecule has 0 radical (unpaired) electrons. The molecule has 0 aromatic heterocycles. The van der Waals surface area contributed by atoms with Gasteiger partial charge in [-0.15, -0.1) is 0 Å². The predicted octanol–water partition coefficient (Wildman–Crippen LogP) is -1.94. The summed E-state index contributed by atoms with van der Waals surface area (Å²) in [5, 5.41) is 26.5. The van der Waals surface area contributed by atoms with Crippen LogP contribution in [-0.2, 0) is 4.74 Å². The third-order valence-electron chi connectivity index (χ3n) is 1.56. The highest BCUT2D eigenvalue weighted by Gasteiger charge is 2.24. The van der Waals surface area contributed by atoms with Crippen molar-refractivity contribution in [2.75, 3.05) is 19.8 Å². The summed E-state index contributed by atoms with van der Waals surface area (Å²) in [4.78, 5) is 0. The second-order valence-electron chi connectivity index (χ2n) is 2.52. The van der Waals surface area contributed by atoms with Crippen LogP contribution < -0.4 is 5.73 Å². The molecular formula is C7H17NO4. The molecule has 2 unspecified atom stereocenters. The fraction of sp³-hybridized carbons (Fsp3) is 1.00. The largest absolute Gasteiger partial charge is 0.395 e. The van der Waals surface area contributed by atoms with Crippen LogP contribution in [0.3, 0.4) is 0 Å². The summed E-state index contributed by atoms with van der Waals surface area (Å²) in [5.41, 5.74) is 5.43. The second-order valence-corrected chi connectivity index (χ2v) is 2.52. The maximum Gasteiger partial charge on any atom is 0.105 e. The molecule has 0 aromatic carbocycles. The van der Waals surface area contributed by atoms with Gasteiger partial charge in [0.15, 0.2) is 0 Å². The lowest BCUT2D eigenvalue weighted by molar-refractivity contribution is -0.0716. The number of hydrogen-bond acceptors (Lipinski definition) is 5. The molecule has 5 nitrogen and oxygen atoms in total. The first-order valence-corrected chi connectivity index (χ1v) is 3.94. The van der Waals surface area contributed by atoms with E-state index in [2.05, 4.69) is 0 Å². The molecule has 0 aliphatic rings. The molecule has 0 heterocycles. The van der Waals surface area contributed by atoms with Crippen LogP contribution in [0.5, 0.6) is 0 Å². The molecule has 0 saturated carbocycles. The van der Waals surface area contributed by atoms with Crippen LogP contribution in [0.15, 0.2) is 0 Å². The van der Waals surface area contributed by atoms with Crippen molar-refractivity contribution in [2.45, 2.75) is 25.2 Å². The minimum Gasteiger partial charge on any atom is -0.395 e.